The molecule has 1 heterocycles. The lowest BCUT2D eigenvalue weighted by molar-refractivity contribution is -0.142. The molecule has 0 aliphatic carbocycles. The number of rotatable bonds is 8. The number of aryl methyl sites for hydroxylation is 1. The number of nitrogens with zero attached hydrogens (tertiary/aromatic N) is 2. The van der Waals surface area contributed by atoms with Crippen LogP contribution in [-0.4, -0.2) is 32.8 Å². The lowest BCUT2D eigenvalue weighted by atomic mass is 10.0. The summed E-state index contributed by atoms with van der Waals surface area (Å²) in [6, 6.07) is -0.954. The van der Waals surface area contributed by atoms with E-state index in [1.54, 1.807) is 20.2 Å². The largest absolute Gasteiger partial charge is 0.479 e. The topological polar surface area (TPSA) is 110 Å². The summed E-state index contributed by atoms with van der Waals surface area (Å²) in [6.45, 7) is 3.71. The number of hydrogen-bond acceptors (Lipinski definition) is 4. The SMILES string of the molecule is CC(N)CCCC(C)C(=O)NC(C(=O)O)c1cnn(C)c1. The zero-order valence-electron chi connectivity index (χ0n) is 12.7. The number of hydrogen-bond donors (Lipinski definition) is 3. The number of nitrogens with one attached hydrogen (secondary N) is 1. The van der Waals surface area contributed by atoms with Crippen LogP contribution in [0.5, 0.6) is 0 Å². The normalized spacial score (nSPS) is 15.2. The first-order chi connectivity index (χ1) is 9.81. The average Bonchev–Trinajstić information content (AvgIpc) is 2.80. The lowest BCUT2D eigenvalue weighted by Gasteiger charge is -2.17. The van der Waals surface area contributed by atoms with E-state index < -0.39 is 12.0 Å². The van der Waals surface area contributed by atoms with Crippen LogP contribution in [0.1, 0.15) is 44.7 Å². The van der Waals surface area contributed by atoms with Crippen molar-refractivity contribution < 1.29 is 14.7 Å². The van der Waals surface area contributed by atoms with Crippen LogP contribution in [-0.2, 0) is 16.6 Å². The van der Waals surface area contributed by atoms with Crippen LogP contribution < -0.4 is 11.1 Å². The van der Waals surface area contributed by atoms with Gasteiger partial charge >= 0.3 is 5.97 Å². The molecule has 0 radical (unpaired) electrons. The Morgan fingerprint density at radius 1 is 1.43 bits per heavy atom. The van der Waals surface area contributed by atoms with Crippen LogP contribution in [0.25, 0.3) is 0 Å². The van der Waals surface area contributed by atoms with Gasteiger partial charge in [-0.3, -0.25) is 9.48 Å². The number of aromatic nitrogens is 2. The molecule has 1 aromatic rings. The Kier molecular flexibility index (Phi) is 6.36. The van der Waals surface area contributed by atoms with Crippen LogP contribution in [0.4, 0.5) is 0 Å². The Hall–Kier alpha value is -1.89. The molecule has 0 saturated carbocycles. The lowest BCUT2D eigenvalue weighted by Crippen LogP contribution is -2.37. The van der Waals surface area contributed by atoms with Crippen LogP contribution in [0, 0.1) is 5.92 Å². The standard InChI is InChI=1S/C14H24N4O3/c1-9(5-4-6-10(2)15)13(19)17-12(14(20)21)11-7-16-18(3)8-11/h7-10,12H,4-6,15H2,1-3H3,(H,17,19)(H,20,21). The zero-order chi connectivity index (χ0) is 16.0. The van der Waals surface area contributed by atoms with Crippen molar-refractivity contribution in [1.29, 1.82) is 0 Å². The molecule has 7 heteroatoms. The van der Waals surface area contributed by atoms with E-state index in [4.69, 9.17) is 5.73 Å². The maximum absolute atomic E-state index is 12.1. The zero-order valence-corrected chi connectivity index (χ0v) is 12.7. The van der Waals surface area contributed by atoms with E-state index in [1.165, 1.54) is 10.9 Å². The van der Waals surface area contributed by atoms with Crippen molar-refractivity contribution in [2.24, 2.45) is 18.7 Å². The summed E-state index contributed by atoms with van der Waals surface area (Å²) in [5.41, 5.74) is 6.13. The molecule has 118 valence electrons. The van der Waals surface area contributed by atoms with Gasteiger partial charge in [0.2, 0.25) is 5.91 Å². The predicted molar refractivity (Wildman–Crippen MR) is 78.4 cm³/mol. The fourth-order valence-corrected chi connectivity index (χ4v) is 2.04. The Morgan fingerprint density at radius 2 is 2.10 bits per heavy atom. The van der Waals surface area contributed by atoms with E-state index in [9.17, 15) is 14.7 Å². The highest BCUT2D eigenvalue weighted by atomic mass is 16.4. The van der Waals surface area contributed by atoms with E-state index in [2.05, 4.69) is 10.4 Å². The number of amides is 1. The van der Waals surface area contributed by atoms with Crippen LogP contribution >= 0.6 is 0 Å². The average molecular weight is 296 g/mol. The molecule has 7 nitrogen and oxygen atoms in total. The quantitative estimate of drug-likeness (QED) is 0.657. The molecule has 4 N–H and O–H groups in total. The smallest absolute Gasteiger partial charge is 0.331 e. The van der Waals surface area contributed by atoms with Gasteiger partial charge in [0.1, 0.15) is 0 Å². The first-order valence-corrected chi connectivity index (χ1v) is 7.08. The second kappa shape index (κ2) is 7.78. The summed E-state index contributed by atoms with van der Waals surface area (Å²) >= 11 is 0. The molecule has 0 spiro atoms. The summed E-state index contributed by atoms with van der Waals surface area (Å²) in [6.07, 6.45) is 5.41. The Bertz CT molecular complexity index is 484. The van der Waals surface area contributed by atoms with E-state index in [0.717, 1.165) is 12.8 Å². The van der Waals surface area contributed by atoms with Gasteiger partial charge < -0.3 is 16.2 Å². The highest BCUT2D eigenvalue weighted by Gasteiger charge is 2.25. The van der Waals surface area contributed by atoms with Gasteiger partial charge in [-0.05, 0) is 19.8 Å². The van der Waals surface area contributed by atoms with Gasteiger partial charge in [-0.2, -0.15) is 5.10 Å². The summed E-state index contributed by atoms with van der Waals surface area (Å²) in [4.78, 5) is 23.4. The maximum Gasteiger partial charge on any atom is 0.331 e. The molecule has 3 unspecified atom stereocenters. The van der Waals surface area contributed by atoms with E-state index in [1.807, 2.05) is 6.92 Å². The molecule has 0 aliphatic rings. The summed E-state index contributed by atoms with van der Waals surface area (Å²) in [5, 5.41) is 15.7. The summed E-state index contributed by atoms with van der Waals surface area (Å²) in [7, 11) is 1.70. The first kappa shape index (κ1) is 17.2. The van der Waals surface area contributed by atoms with Crippen molar-refractivity contribution in [3.05, 3.63) is 18.0 Å². The number of carbonyl (C=O) groups excluding carboxylic acids is 1. The minimum atomic E-state index is -1.10. The van der Waals surface area contributed by atoms with E-state index >= 15 is 0 Å². The number of carbonyl (C=O) groups is 2. The van der Waals surface area contributed by atoms with Gasteiger partial charge in [0.15, 0.2) is 6.04 Å². The Morgan fingerprint density at radius 3 is 2.57 bits per heavy atom. The van der Waals surface area contributed by atoms with Gasteiger partial charge in [0.05, 0.1) is 6.20 Å². The van der Waals surface area contributed by atoms with Crippen molar-refractivity contribution in [2.75, 3.05) is 0 Å². The monoisotopic (exact) mass is 296 g/mol. The molecule has 0 fully saturated rings. The maximum atomic E-state index is 12.1. The van der Waals surface area contributed by atoms with E-state index in [0.29, 0.717) is 12.0 Å². The molecule has 1 rings (SSSR count). The minimum absolute atomic E-state index is 0.113. The van der Waals surface area contributed by atoms with Crippen LogP contribution in [0.15, 0.2) is 12.4 Å². The Labute approximate surface area is 124 Å². The van der Waals surface area contributed by atoms with E-state index in [-0.39, 0.29) is 17.9 Å². The summed E-state index contributed by atoms with van der Waals surface area (Å²) in [5.74, 6) is -1.61. The number of carboxylic acids is 1. The molecule has 3 atom stereocenters. The third-order valence-electron chi connectivity index (χ3n) is 3.34. The minimum Gasteiger partial charge on any atom is -0.479 e. The number of nitrogens with two attached hydrogens (primary N) is 1. The molecule has 0 aliphatic heterocycles. The van der Waals surface area contributed by atoms with Crippen molar-refractivity contribution in [3.8, 4) is 0 Å². The second-order valence-corrected chi connectivity index (χ2v) is 5.54. The highest BCUT2D eigenvalue weighted by molar-refractivity contribution is 5.85. The van der Waals surface area contributed by atoms with Gasteiger partial charge in [-0.1, -0.05) is 13.3 Å². The fraction of sp³-hybridized carbons (Fsp3) is 0.643. The van der Waals surface area contributed by atoms with Crippen molar-refractivity contribution in [2.45, 2.75) is 45.2 Å². The Balaban J connectivity index is 2.59. The first-order valence-electron chi connectivity index (χ1n) is 7.08. The summed E-state index contributed by atoms with van der Waals surface area (Å²) < 4.78 is 1.50. The molecule has 0 bridgehead atoms. The molecule has 1 aromatic heterocycles. The third-order valence-corrected chi connectivity index (χ3v) is 3.34. The molecule has 21 heavy (non-hydrogen) atoms. The molecular formula is C14H24N4O3. The fourth-order valence-electron chi connectivity index (χ4n) is 2.04. The van der Waals surface area contributed by atoms with Gasteiger partial charge in [-0.15, -0.1) is 0 Å². The molecular weight excluding hydrogens is 272 g/mol. The van der Waals surface area contributed by atoms with Crippen molar-refractivity contribution >= 4 is 11.9 Å². The number of aliphatic carboxylic acids is 1. The molecule has 0 saturated heterocycles. The third kappa shape index (κ3) is 5.55. The molecule has 0 aromatic carbocycles. The predicted octanol–water partition coefficient (Wildman–Crippen LogP) is 0.816. The second-order valence-electron chi connectivity index (χ2n) is 5.54. The van der Waals surface area contributed by atoms with Crippen molar-refractivity contribution in [1.82, 2.24) is 15.1 Å². The number of carboxylic acid groups (broad SMARTS) is 1. The van der Waals surface area contributed by atoms with Crippen LogP contribution in [0.3, 0.4) is 0 Å². The highest BCUT2D eigenvalue weighted by Crippen LogP contribution is 2.15. The van der Waals surface area contributed by atoms with Gasteiger partial charge in [0, 0.05) is 30.8 Å². The van der Waals surface area contributed by atoms with Crippen molar-refractivity contribution in [3.63, 3.8) is 0 Å². The van der Waals surface area contributed by atoms with Crippen LogP contribution in [0.2, 0.25) is 0 Å². The van der Waals surface area contributed by atoms with Gasteiger partial charge in [0.25, 0.3) is 0 Å². The molecule has 1 amide bonds. The van der Waals surface area contributed by atoms with Gasteiger partial charge in [-0.25, -0.2) is 4.79 Å².